The Hall–Kier alpha value is -2.57. The number of halogens is 2. The van der Waals surface area contributed by atoms with E-state index in [4.69, 9.17) is 23.2 Å². The molecule has 2 aliphatic rings. The van der Waals surface area contributed by atoms with Gasteiger partial charge in [0, 0.05) is 68.1 Å². The molecule has 0 spiro atoms. The summed E-state index contributed by atoms with van der Waals surface area (Å²) in [5.74, 6) is 0.796. The molecule has 1 amide bonds. The standard InChI is InChI=1S/C24H29Cl2N9OS/c1-16-19(25)11-17(12-20(16)26)13-33-7-9-34(10-8-33)15-22(36)29-24-32-31-23(37-24)28-18-4-6-35(14-18)21-3-2-5-27-30-21/h2-3,5,11-12,18H,4,6-10,13-15H2,1H3,(H,28,31)(H,29,32,36)/t18-/m1/s1. The average molecular weight is 563 g/mol. The van der Waals surface area contributed by atoms with Crippen LogP contribution in [0, 0.1) is 6.92 Å². The molecule has 2 aliphatic heterocycles. The lowest BCUT2D eigenvalue weighted by Crippen LogP contribution is -2.48. The molecule has 4 heterocycles. The fourth-order valence-electron chi connectivity index (χ4n) is 4.57. The number of carbonyl (C=O) groups excluding carboxylic acids is 1. The first kappa shape index (κ1) is 26.1. The van der Waals surface area contributed by atoms with Crippen molar-refractivity contribution in [1.82, 2.24) is 30.2 Å². The first-order chi connectivity index (χ1) is 17.9. The number of anilines is 3. The maximum atomic E-state index is 12.6. The Morgan fingerprint density at radius 3 is 2.51 bits per heavy atom. The third-order valence-electron chi connectivity index (χ3n) is 6.65. The van der Waals surface area contributed by atoms with E-state index >= 15 is 0 Å². The Morgan fingerprint density at radius 2 is 1.78 bits per heavy atom. The van der Waals surface area contributed by atoms with Gasteiger partial charge in [-0.25, -0.2) is 0 Å². The summed E-state index contributed by atoms with van der Waals surface area (Å²) in [4.78, 5) is 19.3. The maximum absolute atomic E-state index is 12.6. The molecule has 2 saturated heterocycles. The van der Waals surface area contributed by atoms with Gasteiger partial charge in [-0.2, -0.15) is 5.10 Å². The van der Waals surface area contributed by atoms with Gasteiger partial charge in [0.05, 0.1) is 6.54 Å². The second kappa shape index (κ2) is 11.9. The highest BCUT2D eigenvalue weighted by atomic mass is 35.5. The normalized spacial score (nSPS) is 18.8. The van der Waals surface area contributed by atoms with Gasteiger partial charge in [-0.3, -0.25) is 19.9 Å². The Morgan fingerprint density at radius 1 is 1.05 bits per heavy atom. The predicted octanol–water partition coefficient (Wildman–Crippen LogP) is 3.39. The minimum atomic E-state index is -0.0806. The number of amides is 1. The Labute approximate surface area is 230 Å². The van der Waals surface area contributed by atoms with Crippen molar-refractivity contribution in [1.29, 1.82) is 0 Å². The molecule has 5 rings (SSSR count). The molecule has 1 atom stereocenters. The van der Waals surface area contributed by atoms with Crippen LogP contribution in [0.5, 0.6) is 0 Å². The first-order valence-electron chi connectivity index (χ1n) is 12.2. The molecule has 0 aliphatic carbocycles. The number of benzene rings is 1. The number of nitrogens with zero attached hydrogens (tertiary/aromatic N) is 7. The fourth-order valence-corrected chi connectivity index (χ4v) is 5.84. The Bertz CT molecular complexity index is 1200. The maximum Gasteiger partial charge on any atom is 0.240 e. The first-order valence-corrected chi connectivity index (χ1v) is 13.8. The molecule has 2 fully saturated rings. The van der Waals surface area contributed by atoms with Crippen molar-refractivity contribution >= 4 is 56.5 Å². The van der Waals surface area contributed by atoms with E-state index in [0.717, 1.165) is 69.2 Å². The molecule has 10 nitrogen and oxygen atoms in total. The summed E-state index contributed by atoms with van der Waals surface area (Å²) < 4.78 is 0. The highest BCUT2D eigenvalue weighted by Gasteiger charge is 2.25. The smallest absolute Gasteiger partial charge is 0.240 e. The van der Waals surface area contributed by atoms with E-state index in [1.807, 2.05) is 31.2 Å². The molecule has 0 bridgehead atoms. The summed E-state index contributed by atoms with van der Waals surface area (Å²) in [6.45, 7) is 8.12. The van der Waals surface area contributed by atoms with Gasteiger partial charge in [-0.05, 0) is 48.7 Å². The van der Waals surface area contributed by atoms with Crippen molar-refractivity contribution < 1.29 is 4.79 Å². The van der Waals surface area contributed by atoms with Gasteiger partial charge < -0.3 is 10.2 Å². The van der Waals surface area contributed by atoms with Crippen LogP contribution in [0.25, 0.3) is 0 Å². The zero-order valence-electron chi connectivity index (χ0n) is 20.5. The van der Waals surface area contributed by atoms with E-state index in [1.54, 1.807) is 6.20 Å². The van der Waals surface area contributed by atoms with Crippen molar-refractivity contribution in [2.75, 3.05) is 61.3 Å². The molecule has 0 unspecified atom stereocenters. The molecule has 2 aromatic heterocycles. The quantitative estimate of drug-likeness (QED) is 0.428. The zero-order chi connectivity index (χ0) is 25.8. The van der Waals surface area contributed by atoms with E-state index in [0.29, 0.717) is 26.9 Å². The third-order valence-corrected chi connectivity index (χ3v) is 8.20. The van der Waals surface area contributed by atoms with Crippen LogP contribution >= 0.6 is 34.5 Å². The molecular weight excluding hydrogens is 533 g/mol. The molecule has 0 radical (unpaired) electrons. The second-order valence-electron chi connectivity index (χ2n) is 9.36. The molecule has 0 saturated carbocycles. The molecule has 1 aromatic carbocycles. The minimum absolute atomic E-state index is 0.0806. The van der Waals surface area contributed by atoms with Gasteiger partial charge in [0.25, 0.3) is 0 Å². The van der Waals surface area contributed by atoms with Crippen molar-refractivity contribution in [3.05, 3.63) is 51.6 Å². The van der Waals surface area contributed by atoms with E-state index < -0.39 is 0 Å². The number of hydrogen-bond donors (Lipinski definition) is 2. The molecule has 37 heavy (non-hydrogen) atoms. The van der Waals surface area contributed by atoms with Crippen LogP contribution in [-0.2, 0) is 11.3 Å². The van der Waals surface area contributed by atoms with Crippen molar-refractivity contribution in [3.8, 4) is 0 Å². The lowest BCUT2D eigenvalue weighted by molar-refractivity contribution is -0.117. The SMILES string of the molecule is Cc1c(Cl)cc(CN2CCN(CC(=O)Nc3nnc(N[C@@H]4CCN(c5cccnn5)C4)s3)CC2)cc1Cl. The predicted molar refractivity (Wildman–Crippen MR) is 148 cm³/mol. The highest BCUT2D eigenvalue weighted by molar-refractivity contribution is 7.19. The van der Waals surface area contributed by atoms with Crippen LogP contribution in [0.2, 0.25) is 10.0 Å². The second-order valence-corrected chi connectivity index (χ2v) is 11.1. The lowest BCUT2D eigenvalue weighted by Gasteiger charge is -2.34. The van der Waals surface area contributed by atoms with Crippen LogP contribution in [0.1, 0.15) is 17.5 Å². The summed E-state index contributed by atoms with van der Waals surface area (Å²) >= 11 is 13.9. The number of aromatic nitrogens is 4. The fraction of sp³-hybridized carbons (Fsp3) is 0.458. The number of nitrogens with one attached hydrogen (secondary N) is 2. The summed E-state index contributed by atoms with van der Waals surface area (Å²) in [7, 11) is 0. The highest BCUT2D eigenvalue weighted by Crippen LogP contribution is 2.27. The van der Waals surface area contributed by atoms with Crippen LogP contribution in [-0.4, -0.2) is 88.0 Å². The zero-order valence-corrected chi connectivity index (χ0v) is 22.9. The number of rotatable bonds is 8. The van der Waals surface area contributed by atoms with E-state index in [-0.39, 0.29) is 11.9 Å². The van der Waals surface area contributed by atoms with Crippen LogP contribution in [0.4, 0.5) is 16.1 Å². The molecule has 196 valence electrons. The van der Waals surface area contributed by atoms with Gasteiger partial charge in [-0.1, -0.05) is 34.5 Å². The van der Waals surface area contributed by atoms with Gasteiger partial charge >= 0.3 is 0 Å². The lowest BCUT2D eigenvalue weighted by atomic mass is 10.1. The van der Waals surface area contributed by atoms with E-state index in [1.165, 1.54) is 11.3 Å². The van der Waals surface area contributed by atoms with E-state index in [9.17, 15) is 4.79 Å². The molecule has 2 N–H and O–H groups in total. The van der Waals surface area contributed by atoms with Crippen LogP contribution in [0.3, 0.4) is 0 Å². The molecule has 13 heteroatoms. The number of hydrogen-bond acceptors (Lipinski definition) is 10. The number of carbonyl (C=O) groups is 1. The average Bonchev–Trinajstić information content (AvgIpc) is 3.54. The Balaban J connectivity index is 1.04. The van der Waals surface area contributed by atoms with Crippen molar-refractivity contribution in [2.24, 2.45) is 0 Å². The minimum Gasteiger partial charge on any atom is -0.355 e. The van der Waals surface area contributed by atoms with Crippen LogP contribution < -0.4 is 15.5 Å². The Kier molecular flexibility index (Phi) is 8.36. The van der Waals surface area contributed by atoms with Gasteiger partial charge in [0.2, 0.25) is 16.2 Å². The van der Waals surface area contributed by atoms with Gasteiger partial charge in [-0.15, -0.1) is 15.3 Å². The summed E-state index contributed by atoms with van der Waals surface area (Å²) in [5, 5.41) is 25.4. The largest absolute Gasteiger partial charge is 0.355 e. The summed E-state index contributed by atoms with van der Waals surface area (Å²) in [6, 6.07) is 8.05. The summed E-state index contributed by atoms with van der Waals surface area (Å²) in [5.41, 5.74) is 2.01. The number of piperazine rings is 1. The molecular formula is C24H29Cl2N9OS. The molecule has 3 aromatic rings. The van der Waals surface area contributed by atoms with E-state index in [2.05, 4.69) is 45.7 Å². The monoisotopic (exact) mass is 561 g/mol. The van der Waals surface area contributed by atoms with Crippen LogP contribution in [0.15, 0.2) is 30.5 Å². The van der Waals surface area contributed by atoms with Crippen molar-refractivity contribution in [2.45, 2.75) is 25.9 Å². The van der Waals surface area contributed by atoms with Crippen molar-refractivity contribution in [3.63, 3.8) is 0 Å². The third kappa shape index (κ3) is 6.85. The summed E-state index contributed by atoms with van der Waals surface area (Å²) in [6.07, 6.45) is 2.64. The van der Waals surface area contributed by atoms with Gasteiger partial charge in [0.1, 0.15) is 0 Å². The van der Waals surface area contributed by atoms with Gasteiger partial charge in [0.15, 0.2) is 5.82 Å². The topological polar surface area (TPSA) is 102 Å².